The number of methoxy groups -OCH3 is 1. The standard InChI is InChI=1S/C11H14ClN5OS/c1-18-10-3-2-9(12)6-8(10)7-19-11-14-15-16-17(11)5-4-13/h2-3,6H,4-5,7,13H2,1H3. The number of halogens is 1. The number of hydrogen-bond donors (Lipinski definition) is 1. The van der Waals surface area contributed by atoms with Gasteiger partial charge < -0.3 is 10.5 Å². The third kappa shape index (κ3) is 3.59. The number of thioether (sulfide) groups is 1. The Morgan fingerprint density at radius 1 is 1.47 bits per heavy atom. The normalized spacial score (nSPS) is 10.7. The molecule has 0 amide bonds. The number of tetrazole rings is 1. The van der Waals surface area contributed by atoms with Crippen LogP contribution in [0.2, 0.25) is 5.02 Å². The van der Waals surface area contributed by atoms with Gasteiger partial charge in [-0.25, -0.2) is 4.68 Å². The van der Waals surface area contributed by atoms with Crippen molar-refractivity contribution < 1.29 is 4.74 Å². The number of ether oxygens (including phenoxy) is 1. The molecule has 0 aliphatic carbocycles. The summed E-state index contributed by atoms with van der Waals surface area (Å²) in [5.41, 5.74) is 6.50. The molecule has 2 aromatic rings. The van der Waals surface area contributed by atoms with Crippen LogP contribution in [0, 0.1) is 0 Å². The Morgan fingerprint density at radius 2 is 2.32 bits per heavy atom. The van der Waals surface area contributed by atoms with Crippen molar-refractivity contribution in [2.45, 2.75) is 17.5 Å². The summed E-state index contributed by atoms with van der Waals surface area (Å²) in [7, 11) is 1.63. The Morgan fingerprint density at radius 3 is 3.05 bits per heavy atom. The molecule has 0 saturated heterocycles. The van der Waals surface area contributed by atoms with Crippen LogP contribution in [0.1, 0.15) is 5.56 Å². The molecule has 8 heteroatoms. The largest absolute Gasteiger partial charge is 0.496 e. The first kappa shape index (κ1) is 14.1. The average molecular weight is 300 g/mol. The number of nitrogens with two attached hydrogens (primary N) is 1. The fraction of sp³-hybridized carbons (Fsp3) is 0.364. The van der Waals surface area contributed by atoms with Crippen molar-refractivity contribution in [1.29, 1.82) is 0 Å². The maximum absolute atomic E-state index is 5.99. The molecule has 0 saturated carbocycles. The second-order valence-corrected chi connectivity index (χ2v) is 5.10. The monoisotopic (exact) mass is 299 g/mol. The molecule has 1 aromatic carbocycles. The van der Waals surface area contributed by atoms with E-state index in [9.17, 15) is 0 Å². The minimum Gasteiger partial charge on any atom is -0.496 e. The lowest BCUT2D eigenvalue weighted by Gasteiger charge is -2.08. The molecule has 19 heavy (non-hydrogen) atoms. The van der Waals surface area contributed by atoms with Crippen LogP contribution in [-0.2, 0) is 12.3 Å². The van der Waals surface area contributed by atoms with Crippen molar-refractivity contribution in [2.75, 3.05) is 13.7 Å². The van der Waals surface area contributed by atoms with E-state index in [0.717, 1.165) is 16.5 Å². The Balaban J connectivity index is 2.09. The number of hydrogen-bond acceptors (Lipinski definition) is 6. The predicted molar refractivity (Wildman–Crippen MR) is 74.4 cm³/mol. The Hall–Kier alpha value is -1.31. The van der Waals surface area contributed by atoms with Crippen molar-refractivity contribution in [2.24, 2.45) is 5.73 Å². The van der Waals surface area contributed by atoms with Gasteiger partial charge in [0.15, 0.2) is 0 Å². The summed E-state index contributed by atoms with van der Waals surface area (Å²) >= 11 is 7.51. The first-order valence-corrected chi connectivity index (χ1v) is 7.02. The van der Waals surface area contributed by atoms with Gasteiger partial charge in [-0.05, 0) is 28.6 Å². The molecule has 2 N–H and O–H groups in total. The van der Waals surface area contributed by atoms with E-state index >= 15 is 0 Å². The summed E-state index contributed by atoms with van der Waals surface area (Å²) in [6, 6.07) is 5.53. The number of rotatable bonds is 6. The quantitative estimate of drug-likeness (QED) is 0.816. The molecular formula is C11H14ClN5OS. The van der Waals surface area contributed by atoms with Crippen LogP contribution in [-0.4, -0.2) is 33.9 Å². The topological polar surface area (TPSA) is 78.9 Å². The Kier molecular flexibility index (Phi) is 5.00. The van der Waals surface area contributed by atoms with Gasteiger partial charge in [-0.3, -0.25) is 0 Å². The fourth-order valence-electron chi connectivity index (χ4n) is 1.56. The summed E-state index contributed by atoms with van der Waals surface area (Å²) in [5.74, 6) is 1.48. The minimum absolute atomic E-state index is 0.499. The zero-order chi connectivity index (χ0) is 13.7. The van der Waals surface area contributed by atoms with Crippen LogP contribution < -0.4 is 10.5 Å². The van der Waals surface area contributed by atoms with E-state index in [1.165, 1.54) is 11.8 Å². The van der Waals surface area contributed by atoms with Gasteiger partial charge in [0, 0.05) is 22.9 Å². The summed E-state index contributed by atoms with van der Waals surface area (Å²) < 4.78 is 6.98. The molecule has 1 aromatic heterocycles. The van der Waals surface area contributed by atoms with Crippen LogP contribution in [0.25, 0.3) is 0 Å². The zero-order valence-electron chi connectivity index (χ0n) is 10.4. The van der Waals surface area contributed by atoms with Crippen LogP contribution in [0.3, 0.4) is 0 Å². The lowest BCUT2D eigenvalue weighted by molar-refractivity contribution is 0.411. The van der Waals surface area contributed by atoms with E-state index in [2.05, 4.69) is 15.5 Å². The van der Waals surface area contributed by atoms with Crippen molar-refractivity contribution in [1.82, 2.24) is 20.2 Å². The van der Waals surface area contributed by atoms with E-state index in [1.807, 2.05) is 12.1 Å². The maximum atomic E-state index is 5.99. The lowest BCUT2D eigenvalue weighted by Crippen LogP contribution is -2.12. The van der Waals surface area contributed by atoms with E-state index in [-0.39, 0.29) is 0 Å². The molecule has 0 radical (unpaired) electrons. The van der Waals surface area contributed by atoms with Crippen molar-refractivity contribution in [3.05, 3.63) is 28.8 Å². The second-order valence-electron chi connectivity index (χ2n) is 3.72. The third-order valence-electron chi connectivity index (χ3n) is 2.44. The Labute approximate surface area is 120 Å². The van der Waals surface area contributed by atoms with Gasteiger partial charge in [-0.1, -0.05) is 23.4 Å². The van der Waals surface area contributed by atoms with Gasteiger partial charge in [0.05, 0.1) is 13.7 Å². The second kappa shape index (κ2) is 6.74. The molecule has 6 nitrogen and oxygen atoms in total. The SMILES string of the molecule is COc1ccc(Cl)cc1CSc1nnnn1CCN. The highest BCUT2D eigenvalue weighted by Crippen LogP contribution is 2.28. The van der Waals surface area contributed by atoms with Crippen molar-refractivity contribution in [3.63, 3.8) is 0 Å². The first-order chi connectivity index (χ1) is 9.24. The molecule has 0 bridgehead atoms. The number of nitrogens with zero attached hydrogens (tertiary/aromatic N) is 4. The number of aromatic nitrogens is 4. The van der Waals surface area contributed by atoms with Crippen LogP contribution in [0.15, 0.2) is 23.4 Å². The van der Waals surface area contributed by atoms with Crippen LogP contribution >= 0.6 is 23.4 Å². The zero-order valence-corrected chi connectivity index (χ0v) is 12.0. The highest BCUT2D eigenvalue weighted by molar-refractivity contribution is 7.98. The number of benzene rings is 1. The van der Waals surface area contributed by atoms with Crippen molar-refractivity contribution >= 4 is 23.4 Å². The molecule has 102 valence electrons. The minimum atomic E-state index is 0.499. The predicted octanol–water partition coefficient (Wildman–Crippen LogP) is 1.59. The van der Waals surface area contributed by atoms with Crippen molar-refractivity contribution in [3.8, 4) is 5.75 Å². The highest BCUT2D eigenvalue weighted by Gasteiger charge is 2.09. The summed E-state index contributed by atoms with van der Waals surface area (Å²) in [6.45, 7) is 1.10. The Bertz CT molecular complexity index is 548. The maximum Gasteiger partial charge on any atom is 0.209 e. The van der Waals surface area contributed by atoms with Gasteiger partial charge in [0.25, 0.3) is 0 Å². The highest BCUT2D eigenvalue weighted by atomic mass is 35.5. The molecule has 0 spiro atoms. The fourth-order valence-corrected chi connectivity index (χ4v) is 2.64. The molecular weight excluding hydrogens is 286 g/mol. The average Bonchev–Trinajstić information content (AvgIpc) is 2.84. The van der Waals surface area contributed by atoms with Gasteiger partial charge in [-0.15, -0.1) is 5.10 Å². The smallest absolute Gasteiger partial charge is 0.209 e. The molecule has 0 unspecified atom stereocenters. The van der Waals surface area contributed by atoms with E-state index in [4.69, 9.17) is 22.1 Å². The van der Waals surface area contributed by atoms with E-state index in [0.29, 0.717) is 23.9 Å². The van der Waals surface area contributed by atoms with E-state index in [1.54, 1.807) is 17.9 Å². The summed E-state index contributed by atoms with van der Waals surface area (Å²) in [4.78, 5) is 0. The molecule has 2 rings (SSSR count). The molecule has 0 fully saturated rings. The summed E-state index contributed by atoms with van der Waals surface area (Å²) in [6.07, 6.45) is 0. The molecule has 0 atom stereocenters. The molecule has 0 aliphatic rings. The van der Waals surface area contributed by atoms with Gasteiger partial charge >= 0.3 is 0 Å². The first-order valence-electron chi connectivity index (χ1n) is 5.66. The molecule has 0 aliphatic heterocycles. The van der Waals surface area contributed by atoms with Gasteiger partial charge in [0.2, 0.25) is 5.16 Å². The summed E-state index contributed by atoms with van der Waals surface area (Å²) in [5, 5.41) is 12.9. The molecule has 1 heterocycles. The van der Waals surface area contributed by atoms with Crippen LogP contribution in [0.5, 0.6) is 5.75 Å². The third-order valence-corrected chi connectivity index (χ3v) is 3.68. The van der Waals surface area contributed by atoms with Gasteiger partial charge in [0.1, 0.15) is 5.75 Å². The van der Waals surface area contributed by atoms with Crippen LogP contribution in [0.4, 0.5) is 0 Å². The van der Waals surface area contributed by atoms with E-state index < -0.39 is 0 Å². The van der Waals surface area contributed by atoms with Gasteiger partial charge in [-0.2, -0.15) is 0 Å². The lowest BCUT2D eigenvalue weighted by atomic mass is 10.2.